The number of rotatable bonds is 2. The molecule has 1 unspecified atom stereocenters. The summed E-state index contributed by atoms with van der Waals surface area (Å²) >= 11 is 7.51. The number of nitrogens with zero attached hydrogens (tertiary/aromatic N) is 4. The Balaban J connectivity index is 1.52. The molecule has 0 N–H and O–H groups in total. The van der Waals surface area contributed by atoms with Gasteiger partial charge in [-0.15, -0.1) is 10.2 Å². The van der Waals surface area contributed by atoms with Gasteiger partial charge in [-0.25, -0.2) is 0 Å². The fraction of sp³-hybridized carbons (Fsp3) is 0.118. The summed E-state index contributed by atoms with van der Waals surface area (Å²) in [5.41, 5.74) is 0.864. The van der Waals surface area contributed by atoms with Crippen LogP contribution < -0.4 is 9.47 Å². The summed E-state index contributed by atoms with van der Waals surface area (Å²) in [5, 5.41) is 14.5. The maximum atomic E-state index is 6.08. The Morgan fingerprint density at radius 3 is 2.84 bits per heavy atom. The number of aromatic nitrogens is 4. The molecule has 4 aromatic rings. The van der Waals surface area contributed by atoms with Crippen LogP contribution in [0.3, 0.4) is 0 Å². The fourth-order valence-electron chi connectivity index (χ4n) is 2.71. The molecule has 0 saturated carbocycles. The molecule has 2 aromatic carbocycles. The van der Waals surface area contributed by atoms with Crippen LogP contribution >= 0.6 is 22.9 Å². The van der Waals surface area contributed by atoms with Crippen LogP contribution in [0.15, 0.2) is 48.5 Å². The minimum absolute atomic E-state index is 0.270. The van der Waals surface area contributed by atoms with Crippen LogP contribution in [0.5, 0.6) is 11.5 Å². The van der Waals surface area contributed by atoms with Gasteiger partial charge < -0.3 is 9.47 Å². The summed E-state index contributed by atoms with van der Waals surface area (Å²) in [4.78, 5) is 0.701. The Morgan fingerprint density at radius 1 is 1.08 bits per heavy atom. The zero-order valence-electron chi connectivity index (χ0n) is 12.8. The summed E-state index contributed by atoms with van der Waals surface area (Å²) in [6.07, 6.45) is -0.270. The van der Waals surface area contributed by atoms with E-state index in [0.717, 1.165) is 22.1 Å². The van der Waals surface area contributed by atoms with Gasteiger partial charge in [-0.1, -0.05) is 47.2 Å². The van der Waals surface area contributed by atoms with E-state index in [1.54, 1.807) is 4.52 Å². The third-order valence-corrected chi connectivity index (χ3v) is 5.10. The maximum Gasteiger partial charge on any atom is 0.235 e. The Hall–Kier alpha value is -2.64. The van der Waals surface area contributed by atoms with Crippen LogP contribution in [-0.2, 0) is 0 Å². The van der Waals surface area contributed by atoms with E-state index in [0.29, 0.717) is 22.4 Å². The lowest BCUT2D eigenvalue weighted by Crippen LogP contribution is -2.21. The second-order valence-electron chi connectivity index (χ2n) is 5.53. The molecule has 25 heavy (non-hydrogen) atoms. The highest BCUT2D eigenvalue weighted by molar-refractivity contribution is 7.16. The minimum Gasteiger partial charge on any atom is -0.485 e. The second-order valence-corrected chi connectivity index (χ2v) is 6.96. The van der Waals surface area contributed by atoms with Crippen LogP contribution in [0.1, 0.15) is 11.1 Å². The van der Waals surface area contributed by atoms with Crippen molar-refractivity contribution in [3.05, 3.63) is 58.6 Å². The Bertz CT molecular complexity index is 1080. The minimum atomic E-state index is -0.270. The van der Waals surface area contributed by atoms with Crippen molar-refractivity contribution in [2.75, 3.05) is 6.61 Å². The average molecular weight is 371 g/mol. The van der Waals surface area contributed by atoms with E-state index in [1.807, 2.05) is 48.5 Å². The summed E-state index contributed by atoms with van der Waals surface area (Å²) in [6.45, 7) is 0.410. The van der Waals surface area contributed by atoms with E-state index in [-0.39, 0.29) is 6.10 Å². The van der Waals surface area contributed by atoms with Crippen molar-refractivity contribution in [3.8, 4) is 22.9 Å². The molecule has 0 amide bonds. The molecule has 0 aliphatic carbocycles. The largest absolute Gasteiger partial charge is 0.485 e. The van der Waals surface area contributed by atoms with Crippen molar-refractivity contribution in [3.63, 3.8) is 0 Å². The third-order valence-electron chi connectivity index (χ3n) is 3.87. The van der Waals surface area contributed by atoms with Crippen molar-refractivity contribution in [2.45, 2.75) is 6.10 Å². The number of ether oxygens (including phenoxy) is 2. The molecule has 1 atom stereocenters. The fourth-order valence-corrected chi connectivity index (χ4v) is 3.75. The zero-order chi connectivity index (χ0) is 16.8. The number of fused-ring (bicyclic) bond motifs is 2. The van der Waals surface area contributed by atoms with Gasteiger partial charge in [0.1, 0.15) is 6.61 Å². The van der Waals surface area contributed by atoms with Crippen LogP contribution in [0.25, 0.3) is 16.3 Å². The lowest BCUT2D eigenvalue weighted by atomic mass is 10.2. The van der Waals surface area contributed by atoms with Crippen LogP contribution in [0.2, 0.25) is 5.02 Å². The predicted molar refractivity (Wildman–Crippen MR) is 94.4 cm³/mol. The molecular formula is C17H11ClN4O2S. The molecule has 0 spiro atoms. The second kappa shape index (κ2) is 5.72. The van der Waals surface area contributed by atoms with Crippen LogP contribution in [-0.4, -0.2) is 26.4 Å². The van der Waals surface area contributed by atoms with E-state index in [4.69, 9.17) is 21.1 Å². The first-order valence-corrected chi connectivity index (χ1v) is 8.84. The summed E-state index contributed by atoms with van der Waals surface area (Å²) in [6, 6.07) is 15.1. The van der Waals surface area contributed by atoms with Crippen molar-refractivity contribution in [2.24, 2.45) is 0 Å². The lowest BCUT2D eigenvalue weighted by molar-refractivity contribution is 0.0904. The Kier molecular flexibility index (Phi) is 3.36. The van der Waals surface area contributed by atoms with Crippen LogP contribution in [0, 0.1) is 0 Å². The molecule has 0 bridgehead atoms. The van der Waals surface area contributed by atoms with Crippen molar-refractivity contribution in [1.29, 1.82) is 0 Å². The summed E-state index contributed by atoms with van der Waals surface area (Å²) < 4.78 is 13.5. The molecule has 2 aromatic heterocycles. The number of halogens is 1. The number of hydrogen-bond donors (Lipinski definition) is 0. The van der Waals surface area contributed by atoms with Gasteiger partial charge in [-0.3, -0.25) is 0 Å². The molecule has 6 nitrogen and oxygen atoms in total. The number of para-hydroxylation sites is 2. The first-order valence-electron chi connectivity index (χ1n) is 7.64. The topological polar surface area (TPSA) is 61.5 Å². The number of hydrogen-bond acceptors (Lipinski definition) is 6. The highest BCUT2D eigenvalue weighted by Crippen LogP contribution is 2.37. The Morgan fingerprint density at radius 2 is 1.96 bits per heavy atom. The molecule has 3 heterocycles. The lowest BCUT2D eigenvalue weighted by Gasteiger charge is -2.24. The number of benzene rings is 2. The van der Waals surface area contributed by atoms with Crippen molar-refractivity contribution in [1.82, 2.24) is 19.8 Å². The van der Waals surface area contributed by atoms with Gasteiger partial charge in [0.25, 0.3) is 0 Å². The van der Waals surface area contributed by atoms with E-state index >= 15 is 0 Å². The van der Waals surface area contributed by atoms with Crippen molar-refractivity contribution >= 4 is 27.9 Å². The molecule has 8 heteroatoms. The molecular weight excluding hydrogens is 360 g/mol. The molecule has 0 radical (unpaired) electrons. The quantitative estimate of drug-likeness (QED) is 0.533. The van der Waals surface area contributed by atoms with E-state index < -0.39 is 0 Å². The van der Waals surface area contributed by atoms with Crippen LogP contribution in [0.4, 0.5) is 0 Å². The van der Waals surface area contributed by atoms with Gasteiger partial charge in [0.2, 0.25) is 4.96 Å². The molecule has 5 rings (SSSR count). The highest BCUT2D eigenvalue weighted by atomic mass is 35.5. The van der Waals surface area contributed by atoms with E-state index in [1.165, 1.54) is 11.3 Å². The van der Waals surface area contributed by atoms with Gasteiger partial charge in [0.05, 0.1) is 0 Å². The SMILES string of the molecule is Clc1cccc(-c2nnc3sc(C4COc5ccccc5O4)nn23)c1. The van der Waals surface area contributed by atoms with Gasteiger partial charge in [-0.2, -0.15) is 9.61 Å². The first kappa shape index (κ1) is 14.7. The first-order chi connectivity index (χ1) is 12.3. The Labute approximate surface area is 151 Å². The highest BCUT2D eigenvalue weighted by Gasteiger charge is 2.27. The van der Waals surface area contributed by atoms with Gasteiger partial charge in [-0.05, 0) is 24.3 Å². The average Bonchev–Trinajstić information content (AvgIpc) is 3.22. The predicted octanol–water partition coefficient (Wildman–Crippen LogP) is 4.02. The molecule has 1 aliphatic rings. The van der Waals surface area contributed by atoms with Gasteiger partial charge in [0.15, 0.2) is 28.4 Å². The van der Waals surface area contributed by atoms with Crippen molar-refractivity contribution < 1.29 is 9.47 Å². The molecule has 0 fully saturated rings. The molecule has 0 saturated heterocycles. The normalized spacial score (nSPS) is 16.3. The zero-order valence-corrected chi connectivity index (χ0v) is 14.4. The maximum absolute atomic E-state index is 6.08. The van der Waals surface area contributed by atoms with Gasteiger partial charge >= 0.3 is 0 Å². The van der Waals surface area contributed by atoms with E-state index in [9.17, 15) is 0 Å². The standard InChI is InChI=1S/C17H11ClN4O2S/c18-11-5-3-4-10(8-11)15-19-20-17-22(15)21-16(25-17)14-9-23-12-6-1-2-7-13(12)24-14/h1-8,14H,9H2. The smallest absolute Gasteiger partial charge is 0.235 e. The third kappa shape index (κ3) is 2.52. The van der Waals surface area contributed by atoms with Gasteiger partial charge in [0, 0.05) is 10.6 Å². The monoisotopic (exact) mass is 370 g/mol. The molecule has 1 aliphatic heterocycles. The van der Waals surface area contributed by atoms with E-state index in [2.05, 4.69) is 15.3 Å². The summed E-state index contributed by atoms with van der Waals surface area (Å²) in [5.74, 6) is 2.12. The molecule has 124 valence electrons. The summed E-state index contributed by atoms with van der Waals surface area (Å²) in [7, 11) is 0.